The van der Waals surface area contributed by atoms with Gasteiger partial charge in [-0.15, -0.1) is 0 Å². The van der Waals surface area contributed by atoms with E-state index in [4.69, 9.17) is 11.6 Å². The number of nitro benzene ring substituents is 1. The number of nitrogens with zero attached hydrogens (tertiary/aromatic N) is 2. The molecular weight excluding hydrogens is 278 g/mol. The second-order valence-electron chi connectivity index (χ2n) is 5.08. The summed E-state index contributed by atoms with van der Waals surface area (Å²) in [4.78, 5) is 12.9. The van der Waals surface area contributed by atoms with Gasteiger partial charge in [-0.25, -0.2) is 0 Å². The Morgan fingerprint density at radius 2 is 2.30 bits per heavy atom. The number of hydrogen-bond acceptors (Lipinski definition) is 4. The van der Waals surface area contributed by atoms with Gasteiger partial charge in [0, 0.05) is 30.2 Å². The lowest BCUT2D eigenvalue weighted by Crippen LogP contribution is -2.43. The van der Waals surface area contributed by atoms with Crippen molar-refractivity contribution in [2.75, 3.05) is 24.5 Å². The number of halogens is 1. The van der Waals surface area contributed by atoms with E-state index in [-0.39, 0.29) is 10.6 Å². The van der Waals surface area contributed by atoms with Gasteiger partial charge in [-0.3, -0.25) is 10.1 Å². The largest absolute Gasteiger partial charge is 0.365 e. The summed E-state index contributed by atoms with van der Waals surface area (Å²) in [6.45, 7) is 4.58. The molecule has 1 unspecified atom stereocenters. The minimum Gasteiger partial charge on any atom is -0.365 e. The molecule has 6 heteroatoms. The molecule has 0 aromatic heterocycles. The van der Waals surface area contributed by atoms with E-state index in [1.165, 1.54) is 18.9 Å². The summed E-state index contributed by atoms with van der Waals surface area (Å²) >= 11 is 5.87. The topological polar surface area (TPSA) is 58.4 Å². The molecule has 1 saturated heterocycles. The third kappa shape index (κ3) is 3.61. The van der Waals surface area contributed by atoms with E-state index < -0.39 is 0 Å². The fourth-order valence-electron chi connectivity index (χ4n) is 2.65. The molecule has 5 nitrogen and oxygen atoms in total. The summed E-state index contributed by atoms with van der Waals surface area (Å²) in [7, 11) is 0. The van der Waals surface area contributed by atoms with E-state index in [0.29, 0.717) is 16.8 Å². The summed E-state index contributed by atoms with van der Waals surface area (Å²) in [6, 6.07) is 5.28. The Labute approximate surface area is 124 Å². The van der Waals surface area contributed by atoms with Crippen molar-refractivity contribution in [3.63, 3.8) is 0 Å². The van der Waals surface area contributed by atoms with Crippen LogP contribution in [0.1, 0.15) is 26.2 Å². The highest BCUT2D eigenvalue weighted by Gasteiger charge is 2.22. The molecule has 0 bridgehead atoms. The van der Waals surface area contributed by atoms with Crippen molar-refractivity contribution in [3.05, 3.63) is 33.3 Å². The summed E-state index contributed by atoms with van der Waals surface area (Å²) in [5.41, 5.74) is 0.726. The van der Waals surface area contributed by atoms with Gasteiger partial charge in [0.1, 0.15) is 5.69 Å². The van der Waals surface area contributed by atoms with Crippen molar-refractivity contribution in [1.29, 1.82) is 0 Å². The maximum atomic E-state index is 11.2. The monoisotopic (exact) mass is 297 g/mol. The fraction of sp³-hybridized carbons (Fsp3) is 0.571. The highest BCUT2D eigenvalue weighted by molar-refractivity contribution is 6.30. The van der Waals surface area contributed by atoms with Gasteiger partial charge in [0.2, 0.25) is 0 Å². The zero-order valence-electron chi connectivity index (χ0n) is 11.6. The first-order valence-corrected chi connectivity index (χ1v) is 7.42. The molecule has 1 atom stereocenters. The molecular formula is C14H20ClN3O2. The van der Waals surface area contributed by atoms with Crippen LogP contribution in [-0.4, -0.2) is 30.6 Å². The van der Waals surface area contributed by atoms with Crippen LogP contribution in [0.3, 0.4) is 0 Å². The second-order valence-corrected chi connectivity index (χ2v) is 5.51. The minimum absolute atomic E-state index is 0.0789. The van der Waals surface area contributed by atoms with E-state index in [2.05, 4.69) is 10.2 Å². The van der Waals surface area contributed by atoms with Crippen molar-refractivity contribution in [2.45, 2.75) is 32.2 Å². The quantitative estimate of drug-likeness (QED) is 0.670. The van der Waals surface area contributed by atoms with Gasteiger partial charge in [0.25, 0.3) is 5.69 Å². The standard InChI is InChI=1S/C14H20ClN3O2/c1-2-17(10-12-5-3-4-8-16-12)13-7-6-11(15)9-14(13)18(19)20/h6-7,9,12,16H,2-5,8,10H2,1H3. The van der Waals surface area contributed by atoms with Crippen LogP contribution in [-0.2, 0) is 0 Å². The zero-order valence-corrected chi connectivity index (χ0v) is 12.4. The first-order chi connectivity index (χ1) is 9.61. The summed E-state index contributed by atoms with van der Waals surface area (Å²) < 4.78 is 0. The lowest BCUT2D eigenvalue weighted by molar-refractivity contribution is -0.384. The Kier molecular flexibility index (Phi) is 5.20. The molecule has 1 N–H and O–H groups in total. The Bertz CT molecular complexity index is 475. The average molecular weight is 298 g/mol. The lowest BCUT2D eigenvalue weighted by atomic mass is 10.0. The molecule has 20 heavy (non-hydrogen) atoms. The number of nitro groups is 1. The van der Waals surface area contributed by atoms with Crippen molar-refractivity contribution in [2.24, 2.45) is 0 Å². The molecule has 1 fully saturated rings. The zero-order chi connectivity index (χ0) is 14.5. The lowest BCUT2D eigenvalue weighted by Gasteiger charge is -2.31. The molecule has 110 valence electrons. The van der Waals surface area contributed by atoms with Gasteiger partial charge in [0.15, 0.2) is 0 Å². The highest BCUT2D eigenvalue weighted by Crippen LogP contribution is 2.31. The highest BCUT2D eigenvalue weighted by atomic mass is 35.5. The minimum atomic E-state index is -0.363. The Balaban J connectivity index is 2.19. The number of anilines is 1. The summed E-state index contributed by atoms with van der Waals surface area (Å²) in [5, 5.41) is 15.1. The molecule has 0 spiro atoms. The summed E-state index contributed by atoms with van der Waals surface area (Å²) in [6.07, 6.45) is 3.56. The number of hydrogen-bond donors (Lipinski definition) is 1. The number of rotatable bonds is 5. The van der Waals surface area contributed by atoms with Crippen molar-refractivity contribution in [1.82, 2.24) is 5.32 Å². The molecule has 0 aliphatic carbocycles. The summed E-state index contributed by atoms with van der Waals surface area (Å²) in [5.74, 6) is 0. The van der Waals surface area contributed by atoms with Gasteiger partial charge in [-0.2, -0.15) is 0 Å². The number of piperidine rings is 1. The van der Waals surface area contributed by atoms with E-state index >= 15 is 0 Å². The smallest absolute Gasteiger partial charge is 0.294 e. The Hall–Kier alpha value is -1.33. The predicted octanol–water partition coefficient (Wildman–Crippen LogP) is 3.22. The van der Waals surface area contributed by atoms with Crippen LogP contribution in [0.2, 0.25) is 5.02 Å². The molecule has 0 radical (unpaired) electrons. The molecule has 2 rings (SSSR count). The first-order valence-electron chi connectivity index (χ1n) is 7.04. The third-order valence-electron chi connectivity index (χ3n) is 3.71. The van der Waals surface area contributed by atoms with E-state index in [1.807, 2.05) is 6.92 Å². The van der Waals surface area contributed by atoms with E-state index in [9.17, 15) is 10.1 Å². The van der Waals surface area contributed by atoms with Gasteiger partial charge in [-0.05, 0) is 38.4 Å². The average Bonchev–Trinajstić information content (AvgIpc) is 2.46. The molecule has 1 aromatic rings. The molecule has 1 heterocycles. The van der Waals surface area contributed by atoms with Crippen LogP contribution in [0, 0.1) is 10.1 Å². The molecule has 0 saturated carbocycles. The third-order valence-corrected chi connectivity index (χ3v) is 3.94. The van der Waals surface area contributed by atoms with Crippen LogP contribution < -0.4 is 10.2 Å². The molecule has 1 aromatic carbocycles. The van der Waals surface area contributed by atoms with E-state index in [0.717, 1.165) is 26.1 Å². The van der Waals surface area contributed by atoms with Crippen LogP contribution >= 0.6 is 11.6 Å². The molecule has 1 aliphatic rings. The Morgan fingerprint density at radius 3 is 2.90 bits per heavy atom. The van der Waals surface area contributed by atoms with Gasteiger partial charge in [0.05, 0.1) is 4.92 Å². The van der Waals surface area contributed by atoms with Crippen LogP contribution in [0.4, 0.5) is 11.4 Å². The first kappa shape index (κ1) is 15.1. The number of nitrogens with one attached hydrogen (secondary N) is 1. The maximum absolute atomic E-state index is 11.2. The SMILES string of the molecule is CCN(CC1CCCCN1)c1ccc(Cl)cc1[N+](=O)[O-]. The van der Waals surface area contributed by atoms with Crippen molar-refractivity contribution >= 4 is 23.0 Å². The fourth-order valence-corrected chi connectivity index (χ4v) is 2.82. The predicted molar refractivity (Wildman–Crippen MR) is 81.6 cm³/mol. The van der Waals surface area contributed by atoms with E-state index in [1.54, 1.807) is 12.1 Å². The normalized spacial score (nSPS) is 18.8. The van der Waals surface area contributed by atoms with Crippen LogP contribution in [0.15, 0.2) is 18.2 Å². The maximum Gasteiger partial charge on any atom is 0.294 e. The van der Waals surface area contributed by atoms with Crippen molar-refractivity contribution in [3.8, 4) is 0 Å². The van der Waals surface area contributed by atoms with Gasteiger partial charge in [-0.1, -0.05) is 18.0 Å². The van der Waals surface area contributed by atoms with Crippen LogP contribution in [0.25, 0.3) is 0 Å². The van der Waals surface area contributed by atoms with Crippen LogP contribution in [0.5, 0.6) is 0 Å². The Morgan fingerprint density at radius 1 is 1.50 bits per heavy atom. The molecule has 1 aliphatic heterocycles. The van der Waals surface area contributed by atoms with Gasteiger partial charge < -0.3 is 10.2 Å². The van der Waals surface area contributed by atoms with Crippen molar-refractivity contribution < 1.29 is 4.92 Å². The number of likely N-dealkylation sites (N-methyl/N-ethyl adjacent to an activating group) is 1. The second kappa shape index (κ2) is 6.90. The van der Waals surface area contributed by atoms with Gasteiger partial charge >= 0.3 is 0 Å². The number of benzene rings is 1. The molecule has 0 amide bonds.